The minimum atomic E-state index is 0.289. The molecule has 0 amide bonds. The summed E-state index contributed by atoms with van der Waals surface area (Å²) in [7, 11) is 2.04. The molecule has 0 spiro atoms. The van der Waals surface area contributed by atoms with Crippen molar-refractivity contribution in [3.63, 3.8) is 0 Å². The van der Waals surface area contributed by atoms with Crippen molar-refractivity contribution < 1.29 is 0 Å². The quantitative estimate of drug-likeness (QED) is 0.928. The third kappa shape index (κ3) is 2.34. The summed E-state index contributed by atoms with van der Waals surface area (Å²) in [5, 5.41) is 3.49. The largest absolute Gasteiger partial charge is 0.312 e. The molecule has 0 aliphatic heterocycles. The monoisotopic (exact) mass is 267 g/mol. The first-order valence-electron chi connectivity index (χ1n) is 7.33. The molecule has 3 nitrogen and oxygen atoms in total. The van der Waals surface area contributed by atoms with Gasteiger partial charge in [-0.2, -0.15) is 0 Å². The maximum atomic E-state index is 4.66. The van der Waals surface area contributed by atoms with Crippen LogP contribution < -0.4 is 5.32 Å². The molecule has 0 fully saturated rings. The Labute approximate surface area is 120 Å². The van der Waals surface area contributed by atoms with Gasteiger partial charge < -0.3 is 5.32 Å². The van der Waals surface area contributed by atoms with Crippen LogP contribution in [-0.2, 0) is 6.42 Å². The van der Waals surface area contributed by atoms with E-state index in [0.29, 0.717) is 5.92 Å². The first kappa shape index (κ1) is 13.3. The van der Waals surface area contributed by atoms with Crippen LogP contribution in [0.5, 0.6) is 0 Å². The smallest absolute Gasteiger partial charge is 0.0485 e. The molecule has 1 aliphatic rings. The van der Waals surface area contributed by atoms with E-state index in [1.807, 2.05) is 31.7 Å². The van der Waals surface area contributed by atoms with Crippen LogP contribution in [0, 0.1) is 6.92 Å². The van der Waals surface area contributed by atoms with Crippen LogP contribution >= 0.6 is 0 Å². The van der Waals surface area contributed by atoms with Gasteiger partial charge in [0.1, 0.15) is 0 Å². The Bertz CT molecular complexity index is 594. The molecular formula is C17H21N3. The summed E-state index contributed by atoms with van der Waals surface area (Å²) < 4.78 is 0. The second-order valence-electron chi connectivity index (χ2n) is 5.55. The van der Waals surface area contributed by atoms with Gasteiger partial charge in [-0.25, -0.2) is 0 Å². The van der Waals surface area contributed by atoms with Crippen molar-refractivity contribution in [3.05, 3.63) is 59.2 Å². The second kappa shape index (κ2) is 5.71. The normalized spacial score (nSPS) is 19.4. The third-order valence-electron chi connectivity index (χ3n) is 4.37. The highest BCUT2D eigenvalue weighted by molar-refractivity contribution is 5.33. The van der Waals surface area contributed by atoms with Crippen LogP contribution in [0.15, 0.2) is 36.8 Å². The zero-order chi connectivity index (χ0) is 13.9. The van der Waals surface area contributed by atoms with Crippen molar-refractivity contribution in [2.45, 2.75) is 38.1 Å². The molecule has 0 radical (unpaired) electrons. The lowest BCUT2D eigenvalue weighted by Crippen LogP contribution is -2.28. The molecule has 0 saturated heterocycles. The minimum absolute atomic E-state index is 0.289. The van der Waals surface area contributed by atoms with E-state index in [0.717, 1.165) is 6.42 Å². The first-order chi connectivity index (χ1) is 9.81. The Morgan fingerprint density at radius 1 is 1.30 bits per heavy atom. The van der Waals surface area contributed by atoms with E-state index >= 15 is 0 Å². The summed E-state index contributed by atoms with van der Waals surface area (Å²) in [6, 6.07) is 6.64. The molecular weight excluding hydrogens is 246 g/mol. The number of hydrogen-bond acceptors (Lipinski definition) is 3. The van der Waals surface area contributed by atoms with Crippen molar-refractivity contribution in [1.82, 2.24) is 15.3 Å². The van der Waals surface area contributed by atoms with Gasteiger partial charge in [0.05, 0.1) is 0 Å². The molecule has 0 bridgehead atoms. The van der Waals surface area contributed by atoms with Crippen LogP contribution in [0.4, 0.5) is 0 Å². The van der Waals surface area contributed by atoms with Crippen LogP contribution in [-0.4, -0.2) is 17.0 Å². The van der Waals surface area contributed by atoms with Crippen molar-refractivity contribution >= 4 is 0 Å². The maximum absolute atomic E-state index is 4.66. The number of nitrogens with one attached hydrogen (secondary N) is 1. The van der Waals surface area contributed by atoms with Crippen LogP contribution in [0.1, 0.15) is 47.2 Å². The Kier molecular flexibility index (Phi) is 3.79. The number of aryl methyl sites for hydroxylation is 2. The third-order valence-corrected chi connectivity index (χ3v) is 4.37. The Hall–Kier alpha value is -1.74. The fraction of sp³-hybridized carbons (Fsp3) is 0.412. The number of aromatic nitrogens is 2. The topological polar surface area (TPSA) is 37.8 Å². The number of rotatable bonds is 3. The van der Waals surface area contributed by atoms with Gasteiger partial charge in [0.2, 0.25) is 0 Å². The van der Waals surface area contributed by atoms with Crippen LogP contribution in [0.25, 0.3) is 0 Å². The second-order valence-corrected chi connectivity index (χ2v) is 5.55. The fourth-order valence-electron chi connectivity index (χ4n) is 3.34. The average molecular weight is 267 g/mol. The zero-order valence-corrected chi connectivity index (χ0v) is 12.1. The molecule has 3 rings (SSSR count). The number of pyridine rings is 2. The molecule has 2 unspecified atom stereocenters. The Morgan fingerprint density at radius 3 is 3.00 bits per heavy atom. The molecule has 3 heteroatoms. The highest BCUT2D eigenvalue weighted by Gasteiger charge is 2.29. The molecule has 2 aromatic heterocycles. The van der Waals surface area contributed by atoms with Crippen LogP contribution in [0.2, 0.25) is 0 Å². The molecule has 20 heavy (non-hydrogen) atoms. The van der Waals surface area contributed by atoms with E-state index in [4.69, 9.17) is 0 Å². The molecule has 2 aromatic rings. The number of likely N-dealkylation sites (N-methyl/N-ethyl adjacent to an activating group) is 1. The fourth-order valence-corrected chi connectivity index (χ4v) is 3.34. The van der Waals surface area contributed by atoms with Crippen molar-refractivity contribution in [1.29, 1.82) is 0 Å². The van der Waals surface area contributed by atoms with E-state index in [9.17, 15) is 0 Å². The summed E-state index contributed by atoms with van der Waals surface area (Å²) in [5.41, 5.74) is 5.26. The molecule has 2 heterocycles. The maximum Gasteiger partial charge on any atom is 0.0485 e. The summed E-state index contributed by atoms with van der Waals surface area (Å²) in [6.07, 6.45) is 9.35. The highest BCUT2D eigenvalue weighted by Crippen LogP contribution is 2.39. The van der Waals surface area contributed by atoms with E-state index < -0.39 is 0 Å². The predicted octanol–water partition coefficient (Wildman–Crippen LogP) is 3.17. The molecule has 104 valence electrons. The van der Waals surface area contributed by atoms with Crippen molar-refractivity contribution in [2.75, 3.05) is 7.05 Å². The van der Waals surface area contributed by atoms with Gasteiger partial charge in [0, 0.05) is 36.2 Å². The standard InChI is InChI=1S/C17H21N3/c1-12-8-10-19-11-15(12)17(18-2)14-7-3-5-13-6-4-9-20-16(13)14/h4,6,8-11,14,17-18H,3,5,7H2,1-2H3. The Balaban J connectivity index is 2.01. The van der Waals surface area contributed by atoms with Gasteiger partial charge in [-0.1, -0.05) is 6.07 Å². The van der Waals surface area contributed by atoms with Gasteiger partial charge in [0.15, 0.2) is 0 Å². The lowest BCUT2D eigenvalue weighted by molar-refractivity contribution is 0.414. The van der Waals surface area contributed by atoms with Gasteiger partial charge in [-0.15, -0.1) is 0 Å². The molecule has 0 saturated carbocycles. The summed E-state index contributed by atoms with van der Waals surface area (Å²) in [4.78, 5) is 8.97. The van der Waals surface area contributed by atoms with Gasteiger partial charge in [-0.05, 0) is 62.1 Å². The zero-order valence-electron chi connectivity index (χ0n) is 12.1. The summed E-state index contributed by atoms with van der Waals surface area (Å²) >= 11 is 0. The van der Waals surface area contributed by atoms with Gasteiger partial charge in [-0.3, -0.25) is 9.97 Å². The highest BCUT2D eigenvalue weighted by atomic mass is 14.9. The van der Waals surface area contributed by atoms with Crippen molar-refractivity contribution in [2.24, 2.45) is 0 Å². The van der Waals surface area contributed by atoms with Gasteiger partial charge in [0.25, 0.3) is 0 Å². The number of hydrogen-bond donors (Lipinski definition) is 1. The van der Waals surface area contributed by atoms with Crippen LogP contribution in [0.3, 0.4) is 0 Å². The Morgan fingerprint density at radius 2 is 2.20 bits per heavy atom. The first-order valence-corrected chi connectivity index (χ1v) is 7.33. The van der Waals surface area contributed by atoms with Gasteiger partial charge >= 0.3 is 0 Å². The molecule has 2 atom stereocenters. The SMILES string of the molecule is CNC(c1cnccc1C)C1CCCc2cccnc21. The lowest BCUT2D eigenvalue weighted by atomic mass is 9.79. The van der Waals surface area contributed by atoms with Crippen molar-refractivity contribution in [3.8, 4) is 0 Å². The number of nitrogens with zero attached hydrogens (tertiary/aromatic N) is 2. The predicted molar refractivity (Wildman–Crippen MR) is 80.7 cm³/mol. The summed E-state index contributed by atoms with van der Waals surface area (Å²) in [5.74, 6) is 0.438. The lowest BCUT2D eigenvalue weighted by Gasteiger charge is -2.32. The van der Waals surface area contributed by atoms with E-state index in [2.05, 4.69) is 34.3 Å². The molecule has 1 N–H and O–H groups in total. The average Bonchev–Trinajstić information content (AvgIpc) is 2.50. The summed E-state index contributed by atoms with van der Waals surface area (Å²) in [6.45, 7) is 2.16. The van der Waals surface area contributed by atoms with E-state index in [1.165, 1.54) is 35.2 Å². The minimum Gasteiger partial charge on any atom is -0.312 e. The number of fused-ring (bicyclic) bond motifs is 1. The van der Waals surface area contributed by atoms with E-state index in [-0.39, 0.29) is 6.04 Å². The van der Waals surface area contributed by atoms with E-state index in [1.54, 1.807) is 0 Å². The molecule has 1 aliphatic carbocycles. The molecule has 0 aromatic carbocycles.